The minimum Gasteiger partial charge on any atom is -0.371 e. The maximum absolute atomic E-state index is 5.77. The van der Waals surface area contributed by atoms with Gasteiger partial charge in [-0.05, 0) is 36.1 Å². The molecule has 0 radical (unpaired) electrons. The summed E-state index contributed by atoms with van der Waals surface area (Å²) in [6, 6.07) is 6.39. The van der Waals surface area contributed by atoms with Crippen LogP contribution in [-0.2, 0) is 6.54 Å². The molecule has 1 unspecified atom stereocenters. The zero-order valence-electron chi connectivity index (χ0n) is 9.04. The van der Waals surface area contributed by atoms with Crippen LogP contribution in [0.4, 0.5) is 5.69 Å². The largest absolute Gasteiger partial charge is 0.371 e. The molecule has 2 N–H and O–H groups in total. The molecule has 1 saturated heterocycles. The van der Waals surface area contributed by atoms with Gasteiger partial charge >= 0.3 is 0 Å². The quantitative estimate of drug-likeness (QED) is 0.894. The Balaban J connectivity index is 2.27. The SMILES string of the molecule is CC1CCN(c2ccc(Br)cc2CN)C1. The van der Waals surface area contributed by atoms with E-state index in [-0.39, 0.29) is 0 Å². The lowest BCUT2D eigenvalue weighted by atomic mass is 10.1. The Morgan fingerprint density at radius 2 is 2.33 bits per heavy atom. The van der Waals surface area contributed by atoms with Gasteiger partial charge in [-0.1, -0.05) is 22.9 Å². The van der Waals surface area contributed by atoms with Crippen molar-refractivity contribution in [1.82, 2.24) is 0 Å². The second kappa shape index (κ2) is 4.54. The van der Waals surface area contributed by atoms with Crippen LogP contribution in [0.2, 0.25) is 0 Å². The molecule has 0 spiro atoms. The summed E-state index contributed by atoms with van der Waals surface area (Å²) in [5, 5.41) is 0. The number of rotatable bonds is 2. The van der Waals surface area contributed by atoms with Gasteiger partial charge in [0.15, 0.2) is 0 Å². The topological polar surface area (TPSA) is 29.3 Å². The summed E-state index contributed by atoms with van der Waals surface area (Å²) in [6.07, 6.45) is 1.29. The second-order valence-electron chi connectivity index (χ2n) is 4.32. The molecule has 0 aromatic heterocycles. The Morgan fingerprint density at radius 1 is 1.53 bits per heavy atom. The summed E-state index contributed by atoms with van der Waals surface area (Å²) < 4.78 is 1.11. The zero-order valence-corrected chi connectivity index (χ0v) is 10.6. The Bertz CT molecular complexity index is 351. The van der Waals surface area contributed by atoms with Crippen molar-refractivity contribution in [2.45, 2.75) is 19.9 Å². The molecular formula is C12H17BrN2. The van der Waals surface area contributed by atoms with Crippen LogP contribution >= 0.6 is 15.9 Å². The van der Waals surface area contributed by atoms with E-state index in [4.69, 9.17) is 5.73 Å². The van der Waals surface area contributed by atoms with Crippen molar-refractivity contribution in [2.24, 2.45) is 11.7 Å². The lowest BCUT2D eigenvalue weighted by molar-refractivity contribution is 0.659. The van der Waals surface area contributed by atoms with Gasteiger partial charge in [-0.15, -0.1) is 0 Å². The maximum Gasteiger partial charge on any atom is 0.0412 e. The predicted molar refractivity (Wildman–Crippen MR) is 68.0 cm³/mol. The third-order valence-electron chi connectivity index (χ3n) is 3.03. The highest BCUT2D eigenvalue weighted by Gasteiger charge is 2.20. The molecule has 1 heterocycles. The number of benzene rings is 1. The molecule has 3 heteroatoms. The molecule has 0 bridgehead atoms. The molecule has 82 valence electrons. The summed E-state index contributed by atoms with van der Waals surface area (Å²) in [4.78, 5) is 2.44. The molecule has 15 heavy (non-hydrogen) atoms. The summed E-state index contributed by atoms with van der Waals surface area (Å²) in [5.41, 5.74) is 8.32. The molecule has 1 aromatic rings. The summed E-state index contributed by atoms with van der Waals surface area (Å²) in [7, 11) is 0. The fourth-order valence-corrected chi connectivity index (χ4v) is 2.59. The number of hydrogen-bond donors (Lipinski definition) is 1. The van der Waals surface area contributed by atoms with Gasteiger partial charge in [0.25, 0.3) is 0 Å². The Kier molecular flexibility index (Phi) is 3.32. The molecule has 1 aliphatic rings. The minimum absolute atomic E-state index is 0.611. The van der Waals surface area contributed by atoms with Crippen molar-refractivity contribution >= 4 is 21.6 Å². The van der Waals surface area contributed by atoms with Gasteiger partial charge in [0.05, 0.1) is 0 Å². The van der Waals surface area contributed by atoms with Crippen molar-refractivity contribution in [2.75, 3.05) is 18.0 Å². The highest BCUT2D eigenvalue weighted by atomic mass is 79.9. The average molecular weight is 269 g/mol. The third kappa shape index (κ3) is 2.34. The van der Waals surface area contributed by atoms with E-state index in [1.807, 2.05) is 0 Å². The summed E-state index contributed by atoms with van der Waals surface area (Å²) in [5.74, 6) is 0.805. The van der Waals surface area contributed by atoms with Gasteiger partial charge in [0.2, 0.25) is 0 Å². The highest BCUT2D eigenvalue weighted by Crippen LogP contribution is 2.28. The van der Waals surface area contributed by atoms with Gasteiger partial charge in [-0.2, -0.15) is 0 Å². The normalized spacial score (nSPS) is 21.0. The van der Waals surface area contributed by atoms with E-state index in [0.29, 0.717) is 6.54 Å². The first-order valence-electron chi connectivity index (χ1n) is 5.44. The van der Waals surface area contributed by atoms with Crippen LogP contribution < -0.4 is 10.6 Å². The van der Waals surface area contributed by atoms with Crippen molar-refractivity contribution in [3.8, 4) is 0 Å². The standard InChI is InChI=1S/C12H17BrN2/c1-9-4-5-15(8-9)12-3-2-11(13)6-10(12)7-14/h2-3,6,9H,4-5,7-8,14H2,1H3. The average Bonchev–Trinajstić information content (AvgIpc) is 2.64. The lowest BCUT2D eigenvalue weighted by Gasteiger charge is -2.21. The molecule has 1 fully saturated rings. The van der Waals surface area contributed by atoms with Crippen LogP contribution in [0.25, 0.3) is 0 Å². The van der Waals surface area contributed by atoms with E-state index in [1.54, 1.807) is 0 Å². The van der Waals surface area contributed by atoms with E-state index < -0.39 is 0 Å². The Morgan fingerprint density at radius 3 is 2.93 bits per heavy atom. The smallest absolute Gasteiger partial charge is 0.0412 e. The first-order chi connectivity index (χ1) is 7.20. The monoisotopic (exact) mass is 268 g/mol. The van der Waals surface area contributed by atoms with E-state index in [1.165, 1.54) is 17.7 Å². The first kappa shape index (κ1) is 11.0. The molecule has 0 aliphatic carbocycles. The minimum atomic E-state index is 0.611. The van der Waals surface area contributed by atoms with Gasteiger partial charge in [-0.25, -0.2) is 0 Å². The molecule has 1 aliphatic heterocycles. The van der Waals surface area contributed by atoms with Crippen LogP contribution in [0, 0.1) is 5.92 Å². The van der Waals surface area contributed by atoms with Crippen LogP contribution in [0.3, 0.4) is 0 Å². The summed E-state index contributed by atoms with van der Waals surface area (Å²) >= 11 is 3.48. The number of anilines is 1. The molecule has 0 amide bonds. The lowest BCUT2D eigenvalue weighted by Crippen LogP contribution is -2.21. The van der Waals surface area contributed by atoms with Crippen molar-refractivity contribution in [1.29, 1.82) is 0 Å². The van der Waals surface area contributed by atoms with Crippen molar-refractivity contribution in [3.05, 3.63) is 28.2 Å². The van der Waals surface area contributed by atoms with Crippen LogP contribution in [0.1, 0.15) is 18.9 Å². The van der Waals surface area contributed by atoms with Crippen molar-refractivity contribution < 1.29 is 0 Å². The van der Waals surface area contributed by atoms with Crippen LogP contribution in [0.15, 0.2) is 22.7 Å². The van der Waals surface area contributed by atoms with Crippen LogP contribution in [0.5, 0.6) is 0 Å². The maximum atomic E-state index is 5.77. The zero-order chi connectivity index (χ0) is 10.8. The van der Waals surface area contributed by atoms with Gasteiger partial charge in [-0.3, -0.25) is 0 Å². The Labute approximate surface area is 99.6 Å². The number of nitrogens with zero attached hydrogens (tertiary/aromatic N) is 1. The van der Waals surface area contributed by atoms with E-state index in [2.05, 4.69) is 46.0 Å². The summed E-state index contributed by atoms with van der Waals surface area (Å²) in [6.45, 7) is 5.24. The number of hydrogen-bond acceptors (Lipinski definition) is 2. The molecule has 2 nitrogen and oxygen atoms in total. The molecular weight excluding hydrogens is 252 g/mol. The van der Waals surface area contributed by atoms with Gasteiger partial charge < -0.3 is 10.6 Å². The van der Waals surface area contributed by atoms with E-state index >= 15 is 0 Å². The van der Waals surface area contributed by atoms with Gasteiger partial charge in [0, 0.05) is 29.8 Å². The van der Waals surface area contributed by atoms with E-state index in [0.717, 1.165) is 23.5 Å². The highest BCUT2D eigenvalue weighted by molar-refractivity contribution is 9.10. The predicted octanol–water partition coefficient (Wildman–Crippen LogP) is 2.75. The molecule has 1 atom stereocenters. The molecule has 0 saturated carbocycles. The number of nitrogens with two attached hydrogens (primary N) is 1. The fraction of sp³-hybridized carbons (Fsp3) is 0.500. The van der Waals surface area contributed by atoms with Crippen molar-refractivity contribution in [3.63, 3.8) is 0 Å². The fourth-order valence-electron chi connectivity index (χ4n) is 2.18. The van der Waals surface area contributed by atoms with E-state index in [9.17, 15) is 0 Å². The molecule has 1 aromatic carbocycles. The first-order valence-corrected chi connectivity index (χ1v) is 6.23. The Hall–Kier alpha value is -0.540. The number of halogens is 1. The second-order valence-corrected chi connectivity index (χ2v) is 5.23. The molecule has 2 rings (SSSR count). The van der Waals surface area contributed by atoms with Gasteiger partial charge in [0.1, 0.15) is 0 Å². The van der Waals surface area contributed by atoms with Crippen LogP contribution in [-0.4, -0.2) is 13.1 Å². The third-order valence-corrected chi connectivity index (χ3v) is 3.52.